The van der Waals surface area contributed by atoms with E-state index < -0.39 is 0 Å². The van der Waals surface area contributed by atoms with Crippen molar-refractivity contribution in [3.63, 3.8) is 0 Å². The summed E-state index contributed by atoms with van der Waals surface area (Å²) in [5.41, 5.74) is 2.61. The first-order valence-electron chi connectivity index (χ1n) is 9.62. The minimum atomic E-state index is -0.0140. The summed E-state index contributed by atoms with van der Waals surface area (Å²) in [6.07, 6.45) is 0.608. The van der Waals surface area contributed by atoms with E-state index in [2.05, 4.69) is 87.2 Å². The summed E-state index contributed by atoms with van der Waals surface area (Å²) >= 11 is 0. The fourth-order valence-corrected chi connectivity index (χ4v) is 3.75. The molecule has 0 N–H and O–H groups in total. The highest BCUT2D eigenvalue weighted by Gasteiger charge is 2.23. The summed E-state index contributed by atoms with van der Waals surface area (Å²) < 4.78 is 11.8. The van der Waals surface area contributed by atoms with E-state index in [-0.39, 0.29) is 5.41 Å². The molecule has 0 amide bonds. The van der Waals surface area contributed by atoms with Crippen LogP contribution in [-0.2, 0) is 10.2 Å². The van der Waals surface area contributed by atoms with Gasteiger partial charge in [0.1, 0.15) is 12.4 Å². The van der Waals surface area contributed by atoms with Gasteiger partial charge in [-0.2, -0.15) is 0 Å². The van der Waals surface area contributed by atoms with Crippen molar-refractivity contribution in [3.8, 4) is 5.75 Å². The van der Waals surface area contributed by atoms with Gasteiger partial charge < -0.3 is 9.47 Å². The highest BCUT2D eigenvalue weighted by molar-refractivity contribution is 5.39. The van der Waals surface area contributed by atoms with Crippen LogP contribution in [0.3, 0.4) is 0 Å². The summed E-state index contributed by atoms with van der Waals surface area (Å²) in [5.74, 6) is 0.937. The standard InChI is InChI=1S/C23H31NO2/c1-18-16-24(17-19(2)26-18)14-15-25-22-12-10-21(11-13-22)23(3,4)20-8-6-5-7-9-20/h5-13,18-19H,14-17H2,1-4H3/t18-,19-/m0/s1. The maximum Gasteiger partial charge on any atom is 0.119 e. The van der Waals surface area contributed by atoms with E-state index in [0.717, 1.165) is 25.4 Å². The van der Waals surface area contributed by atoms with Gasteiger partial charge in [0.15, 0.2) is 0 Å². The molecular formula is C23H31NO2. The second-order valence-electron chi connectivity index (χ2n) is 7.88. The molecule has 26 heavy (non-hydrogen) atoms. The van der Waals surface area contributed by atoms with Gasteiger partial charge >= 0.3 is 0 Å². The number of hydrogen-bond donors (Lipinski definition) is 0. The van der Waals surface area contributed by atoms with Gasteiger partial charge in [-0.25, -0.2) is 0 Å². The van der Waals surface area contributed by atoms with Crippen LogP contribution in [0.4, 0.5) is 0 Å². The molecule has 2 atom stereocenters. The molecule has 3 rings (SSSR count). The lowest BCUT2D eigenvalue weighted by Gasteiger charge is -2.35. The monoisotopic (exact) mass is 353 g/mol. The molecule has 0 spiro atoms. The SMILES string of the molecule is C[C@H]1CN(CCOc2ccc(C(C)(C)c3ccccc3)cc2)C[C@H](C)O1. The van der Waals surface area contributed by atoms with Crippen LogP contribution in [0.5, 0.6) is 5.75 Å². The Bertz CT molecular complexity index is 671. The number of hydrogen-bond acceptors (Lipinski definition) is 3. The maximum absolute atomic E-state index is 5.97. The van der Waals surface area contributed by atoms with E-state index >= 15 is 0 Å². The van der Waals surface area contributed by atoms with E-state index in [1.165, 1.54) is 11.1 Å². The van der Waals surface area contributed by atoms with Crippen LogP contribution in [0, 0.1) is 0 Å². The van der Waals surface area contributed by atoms with Gasteiger partial charge in [0.2, 0.25) is 0 Å². The summed E-state index contributed by atoms with van der Waals surface area (Å²) in [6.45, 7) is 12.4. The van der Waals surface area contributed by atoms with Gasteiger partial charge in [0.25, 0.3) is 0 Å². The molecule has 1 saturated heterocycles. The Morgan fingerprint density at radius 1 is 0.923 bits per heavy atom. The van der Waals surface area contributed by atoms with Gasteiger partial charge in [-0.15, -0.1) is 0 Å². The highest BCUT2D eigenvalue weighted by atomic mass is 16.5. The zero-order valence-electron chi connectivity index (χ0n) is 16.4. The van der Waals surface area contributed by atoms with Crippen molar-refractivity contribution >= 4 is 0 Å². The van der Waals surface area contributed by atoms with Crippen LogP contribution in [-0.4, -0.2) is 43.3 Å². The van der Waals surface area contributed by atoms with Gasteiger partial charge in [0.05, 0.1) is 12.2 Å². The smallest absolute Gasteiger partial charge is 0.119 e. The fourth-order valence-electron chi connectivity index (χ4n) is 3.75. The zero-order chi connectivity index (χ0) is 18.6. The first-order chi connectivity index (χ1) is 12.4. The molecule has 0 saturated carbocycles. The van der Waals surface area contributed by atoms with Gasteiger partial charge in [-0.05, 0) is 37.1 Å². The summed E-state index contributed by atoms with van der Waals surface area (Å²) in [5, 5.41) is 0. The fraction of sp³-hybridized carbons (Fsp3) is 0.478. The number of benzene rings is 2. The van der Waals surface area contributed by atoms with E-state index in [1.54, 1.807) is 0 Å². The number of ether oxygens (including phenoxy) is 2. The summed E-state index contributed by atoms with van der Waals surface area (Å²) in [4.78, 5) is 2.42. The summed E-state index contributed by atoms with van der Waals surface area (Å²) in [7, 11) is 0. The summed E-state index contributed by atoms with van der Waals surface area (Å²) in [6, 6.07) is 19.2. The molecule has 0 bridgehead atoms. The highest BCUT2D eigenvalue weighted by Crippen LogP contribution is 2.32. The minimum absolute atomic E-state index is 0.0140. The third-order valence-electron chi connectivity index (χ3n) is 5.24. The van der Waals surface area contributed by atoms with Gasteiger partial charge in [-0.1, -0.05) is 56.3 Å². The predicted octanol–water partition coefficient (Wildman–Crippen LogP) is 4.50. The molecule has 1 fully saturated rings. The largest absolute Gasteiger partial charge is 0.492 e. The number of rotatable bonds is 6. The second-order valence-corrected chi connectivity index (χ2v) is 7.88. The zero-order valence-corrected chi connectivity index (χ0v) is 16.4. The lowest BCUT2D eigenvalue weighted by molar-refractivity contribution is -0.0699. The third kappa shape index (κ3) is 4.66. The van der Waals surface area contributed by atoms with Crippen molar-refractivity contribution in [3.05, 3.63) is 65.7 Å². The molecule has 0 radical (unpaired) electrons. The van der Waals surface area contributed by atoms with E-state index in [4.69, 9.17) is 9.47 Å². The van der Waals surface area contributed by atoms with Crippen LogP contribution in [0.1, 0.15) is 38.8 Å². The van der Waals surface area contributed by atoms with Crippen LogP contribution < -0.4 is 4.74 Å². The Hall–Kier alpha value is -1.84. The normalized spacial score (nSPS) is 21.5. The van der Waals surface area contributed by atoms with Crippen molar-refractivity contribution < 1.29 is 9.47 Å². The maximum atomic E-state index is 5.97. The quantitative estimate of drug-likeness (QED) is 0.763. The van der Waals surface area contributed by atoms with Crippen molar-refractivity contribution in [1.29, 1.82) is 0 Å². The Morgan fingerprint density at radius 2 is 1.50 bits per heavy atom. The Balaban J connectivity index is 1.55. The molecule has 1 heterocycles. The molecule has 1 aliphatic rings. The molecule has 2 aromatic carbocycles. The number of morpholine rings is 1. The lowest BCUT2D eigenvalue weighted by atomic mass is 9.78. The Morgan fingerprint density at radius 3 is 2.12 bits per heavy atom. The van der Waals surface area contributed by atoms with Crippen molar-refractivity contribution in [2.45, 2.75) is 45.3 Å². The van der Waals surface area contributed by atoms with Crippen LogP contribution in [0.25, 0.3) is 0 Å². The van der Waals surface area contributed by atoms with Crippen LogP contribution in [0.15, 0.2) is 54.6 Å². The van der Waals surface area contributed by atoms with E-state index in [0.29, 0.717) is 18.8 Å². The Kier molecular flexibility index (Phi) is 6.00. The molecule has 2 aromatic rings. The molecule has 0 aromatic heterocycles. The molecule has 0 unspecified atom stereocenters. The number of nitrogens with zero attached hydrogens (tertiary/aromatic N) is 1. The minimum Gasteiger partial charge on any atom is -0.492 e. The van der Waals surface area contributed by atoms with Crippen molar-refractivity contribution in [1.82, 2.24) is 4.90 Å². The first-order valence-corrected chi connectivity index (χ1v) is 9.62. The topological polar surface area (TPSA) is 21.7 Å². The molecular weight excluding hydrogens is 322 g/mol. The molecule has 140 valence electrons. The first kappa shape index (κ1) is 18.9. The molecule has 1 aliphatic heterocycles. The lowest BCUT2D eigenvalue weighted by Crippen LogP contribution is -2.46. The van der Waals surface area contributed by atoms with E-state index in [9.17, 15) is 0 Å². The third-order valence-corrected chi connectivity index (χ3v) is 5.24. The average molecular weight is 354 g/mol. The van der Waals surface area contributed by atoms with Gasteiger partial charge in [-0.3, -0.25) is 4.90 Å². The van der Waals surface area contributed by atoms with Gasteiger partial charge in [0, 0.05) is 25.0 Å². The van der Waals surface area contributed by atoms with Crippen LogP contribution >= 0.6 is 0 Å². The van der Waals surface area contributed by atoms with E-state index in [1.807, 2.05) is 0 Å². The molecule has 3 nitrogen and oxygen atoms in total. The molecule has 0 aliphatic carbocycles. The second kappa shape index (κ2) is 8.24. The predicted molar refractivity (Wildman–Crippen MR) is 107 cm³/mol. The van der Waals surface area contributed by atoms with Crippen LogP contribution in [0.2, 0.25) is 0 Å². The van der Waals surface area contributed by atoms with Crippen molar-refractivity contribution in [2.24, 2.45) is 0 Å². The Labute approximate surface area is 157 Å². The van der Waals surface area contributed by atoms with Crippen molar-refractivity contribution in [2.75, 3.05) is 26.2 Å². The molecule has 3 heteroatoms. The average Bonchev–Trinajstić information content (AvgIpc) is 2.62.